The van der Waals surface area contributed by atoms with E-state index in [2.05, 4.69) is 53.7 Å². The van der Waals surface area contributed by atoms with Gasteiger partial charge < -0.3 is 10.2 Å². The molecular weight excluding hydrogens is 384 g/mol. The predicted molar refractivity (Wildman–Crippen MR) is 125 cm³/mol. The zero-order valence-electron chi connectivity index (χ0n) is 20.5. The second-order valence-corrected chi connectivity index (χ2v) is 12.4. The molecule has 3 nitrogen and oxygen atoms in total. The van der Waals surface area contributed by atoms with Crippen molar-refractivity contribution in [2.45, 2.75) is 98.2 Å². The number of allylic oxidation sites excluding steroid dienone is 3. The first-order valence-corrected chi connectivity index (χ1v) is 12.8. The van der Waals surface area contributed by atoms with Gasteiger partial charge in [0, 0.05) is 11.8 Å². The van der Waals surface area contributed by atoms with E-state index in [1.54, 1.807) is 0 Å². The first-order valence-electron chi connectivity index (χ1n) is 12.8. The molecule has 0 heterocycles. The smallest absolute Gasteiger partial charge is 0.187 e. The molecule has 3 heteroatoms. The fraction of sp³-hybridized carbons (Fsp3) is 0.821. The van der Waals surface area contributed by atoms with Crippen LogP contribution in [0.4, 0.5) is 0 Å². The monoisotopic (exact) mass is 428 g/mol. The van der Waals surface area contributed by atoms with Crippen LogP contribution in [0.3, 0.4) is 0 Å². The summed E-state index contributed by atoms with van der Waals surface area (Å²) >= 11 is 0. The summed E-state index contributed by atoms with van der Waals surface area (Å²) < 4.78 is 0. The largest absolute Gasteiger partial charge is 0.393 e. The van der Waals surface area contributed by atoms with Crippen LogP contribution >= 0.6 is 0 Å². The van der Waals surface area contributed by atoms with Gasteiger partial charge in [-0.1, -0.05) is 59.3 Å². The highest BCUT2D eigenvalue weighted by Gasteiger charge is 2.65. The highest BCUT2D eigenvalue weighted by atomic mass is 16.3. The van der Waals surface area contributed by atoms with Crippen molar-refractivity contribution in [1.29, 1.82) is 0 Å². The van der Waals surface area contributed by atoms with E-state index < -0.39 is 17.1 Å². The molecule has 0 aromatic carbocycles. The van der Waals surface area contributed by atoms with Crippen LogP contribution in [-0.4, -0.2) is 27.7 Å². The van der Waals surface area contributed by atoms with Crippen LogP contribution in [0.1, 0.15) is 86.5 Å². The quantitative estimate of drug-likeness (QED) is 0.564. The Morgan fingerprint density at radius 3 is 2.39 bits per heavy atom. The predicted octanol–water partition coefficient (Wildman–Crippen LogP) is 5.70. The average molecular weight is 429 g/mol. The molecule has 4 aliphatic carbocycles. The number of rotatable bonds is 4. The number of aliphatic hydroxyl groups is 2. The van der Waals surface area contributed by atoms with E-state index in [0.717, 1.165) is 19.3 Å². The van der Waals surface area contributed by atoms with Gasteiger partial charge in [-0.3, -0.25) is 4.79 Å². The molecule has 0 amide bonds. The highest BCUT2D eigenvalue weighted by molar-refractivity contribution is 5.99. The van der Waals surface area contributed by atoms with E-state index in [4.69, 9.17) is 0 Å². The summed E-state index contributed by atoms with van der Waals surface area (Å²) in [7, 11) is 0. The number of carbonyl (C=O) groups is 1. The Bertz CT molecular complexity index is 781. The fourth-order valence-electron chi connectivity index (χ4n) is 7.96. The van der Waals surface area contributed by atoms with Crippen molar-refractivity contribution in [2.75, 3.05) is 0 Å². The number of aliphatic hydroxyl groups excluding tert-OH is 1. The molecule has 174 valence electrons. The maximum Gasteiger partial charge on any atom is 0.187 e. The van der Waals surface area contributed by atoms with Crippen molar-refractivity contribution in [3.63, 3.8) is 0 Å². The Kier molecular flexibility index (Phi) is 5.87. The van der Waals surface area contributed by atoms with Crippen molar-refractivity contribution in [1.82, 2.24) is 0 Å². The van der Waals surface area contributed by atoms with Crippen molar-refractivity contribution in [3.8, 4) is 0 Å². The van der Waals surface area contributed by atoms with Crippen LogP contribution in [0.15, 0.2) is 23.8 Å². The lowest BCUT2D eigenvalue weighted by Gasteiger charge is -2.59. The molecule has 0 aliphatic heterocycles. The summed E-state index contributed by atoms with van der Waals surface area (Å²) in [6.45, 7) is 13.9. The third kappa shape index (κ3) is 3.41. The third-order valence-corrected chi connectivity index (χ3v) is 10.5. The van der Waals surface area contributed by atoms with Gasteiger partial charge in [0.25, 0.3) is 0 Å². The van der Waals surface area contributed by atoms with Crippen LogP contribution < -0.4 is 0 Å². The van der Waals surface area contributed by atoms with E-state index >= 15 is 0 Å². The van der Waals surface area contributed by atoms with Crippen LogP contribution in [0, 0.1) is 46.3 Å². The van der Waals surface area contributed by atoms with Gasteiger partial charge in [-0.05, 0) is 85.5 Å². The molecule has 0 aromatic heterocycles. The molecule has 3 saturated carbocycles. The summed E-state index contributed by atoms with van der Waals surface area (Å²) in [6, 6.07) is 0. The number of carbonyl (C=O) groups excluding carboxylic acids is 1. The van der Waals surface area contributed by atoms with Crippen LogP contribution in [0.5, 0.6) is 0 Å². The average Bonchev–Trinajstić information content (AvgIpc) is 3.05. The van der Waals surface area contributed by atoms with Crippen molar-refractivity contribution < 1.29 is 15.0 Å². The summed E-state index contributed by atoms with van der Waals surface area (Å²) in [5.74, 6) is 3.03. The lowest BCUT2D eigenvalue weighted by Crippen LogP contribution is -2.64. The van der Waals surface area contributed by atoms with Gasteiger partial charge >= 0.3 is 0 Å². The van der Waals surface area contributed by atoms with E-state index in [-0.39, 0.29) is 23.5 Å². The van der Waals surface area contributed by atoms with Crippen molar-refractivity contribution in [3.05, 3.63) is 23.8 Å². The number of ketones is 1. The zero-order valence-corrected chi connectivity index (χ0v) is 20.5. The standard InChI is InChI=1S/C28H44O3/c1-17(2)18(3)7-8-19(4)22-9-10-23-21-15-25(30)28(31)16-20(29)11-14-27(28,6)24(21)12-13-26(22,23)5/h7-8,15,17-20,22-24,29,31H,9-14,16H2,1-6H3/b8-7+/t18-,19+,20+,22-,23+,24+,26-,27-,28+/m0/s1. The molecule has 0 saturated heterocycles. The molecule has 0 bridgehead atoms. The summed E-state index contributed by atoms with van der Waals surface area (Å²) in [6.07, 6.45) is 12.4. The maximum atomic E-state index is 13.3. The van der Waals surface area contributed by atoms with Gasteiger partial charge in [-0.15, -0.1) is 0 Å². The summed E-state index contributed by atoms with van der Waals surface area (Å²) in [5.41, 5.74) is -0.275. The topological polar surface area (TPSA) is 57.5 Å². The molecular formula is C28H44O3. The Morgan fingerprint density at radius 2 is 1.71 bits per heavy atom. The fourth-order valence-corrected chi connectivity index (χ4v) is 7.96. The third-order valence-electron chi connectivity index (χ3n) is 10.5. The van der Waals surface area contributed by atoms with Gasteiger partial charge in [-0.2, -0.15) is 0 Å². The number of fused-ring (bicyclic) bond motifs is 5. The Morgan fingerprint density at radius 1 is 1.00 bits per heavy atom. The minimum atomic E-state index is -1.40. The van der Waals surface area contributed by atoms with E-state index in [9.17, 15) is 15.0 Å². The Balaban J connectivity index is 1.62. The zero-order chi connectivity index (χ0) is 22.8. The first kappa shape index (κ1) is 23.2. The number of hydrogen-bond donors (Lipinski definition) is 2. The normalized spacial score (nSPS) is 47.0. The highest BCUT2D eigenvalue weighted by Crippen LogP contribution is 2.67. The Labute approximate surface area is 189 Å². The van der Waals surface area contributed by atoms with Gasteiger partial charge in [0.05, 0.1) is 6.10 Å². The molecule has 3 fully saturated rings. The molecule has 4 aliphatic rings. The van der Waals surface area contributed by atoms with Gasteiger partial charge in [0.2, 0.25) is 0 Å². The second-order valence-electron chi connectivity index (χ2n) is 12.4. The maximum absolute atomic E-state index is 13.3. The lowest BCUT2D eigenvalue weighted by molar-refractivity contribution is -0.180. The minimum Gasteiger partial charge on any atom is -0.393 e. The van der Waals surface area contributed by atoms with E-state index in [1.165, 1.54) is 18.4 Å². The van der Waals surface area contributed by atoms with E-state index in [1.807, 2.05) is 6.08 Å². The number of hydrogen-bond acceptors (Lipinski definition) is 3. The van der Waals surface area contributed by atoms with Crippen LogP contribution in [0.25, 0.3) is 0 Å². The molecule has 4 rings (SSSR count). The van der Waals surface area contributed by atoms with E-state index in [0.29, 0.717) is 36.0 Å². The van der Waals surface area contributed by atoms with Gasteiger partial charge in [-0.25, -0.2) is 0 Å². The molecule has 0 radical (unpaired) electrons. The lowest BCUT2D eigenvalue weighted by atomic mass is 9.46. The molecule has 0 aromatic rings. The van der Waals surface area contributed by atoms with Crippen LogP contribution in [0.2, 0.25) is 0 Å². The van der Waals surface area contributed by atoms with Gasteiger partial charge in [0.1, 0.15) is 5.60 Å². The molecule has 31 heavy (non-hydrogen) atoms. The molecule has 9 atom stereocenters. The molecule has 0 spiro atoms. The van der Waals surface area contributed by atoms with Crippen molar-refractivity contribution >= 4 is 5.78 Å². The van der Waals surface area contributed by atoms with Gasteiger partial charge in [0.15, 0.2) is 5.78 Å². The summed E-state index contributed by atoms with van der Waals surface area (Å²) in [5, 5.41) is 21.7. The SMILES string of the molecule is CC(C)[C@@H](C)/C=C/[C@@H](C)[C@@H]1CC[C@@H]2C3=CC(=O)[C@]4(O)C[C@H](O)CC[C@@]4(C)[C@@H]3CC[C@]21C. The van der Waals surface area contributed by atoms with Crippen molar-refractivity contribution in [2.24, 2.45) is 46.3 Å². The minimum absolute atomic E-state index is 0.147. The molecule has 2 N–H and O–H groups in total. The molecule has 0 unspecified atom stereocenters. The summed E-state index contributed by atoms with van der Waals surface area (Å²) in [4.78, 5) is 13.3. The second kappa shape index (κ2) is 7.83. The van der Waals surface area contributed by atoms with Crippen LogP contribution in [-0.2, 0) is 4.79 Å². The first-order chi connectivity index (χ1) is 14.4. The Hall–Kier alpha value is -0.930.